The van der Waals surface area contributed by atoms with Crippen LogP contribution in [0.3, 0.4) is 0 Å². The lowest BCUT2D eigenvalue weighted by Crippen LogP contribution is -2.36. The molecular formula is C10H23N3. The van der Waals surface area contributed by atoms with Gasteiger partial charge in [0.1, 0.15) is 0 Å². The van der Waals surface area contributed by atoms with Crippen LogP contribution < -0.4 is 5.73 Å². The number of hydrogen-bond acceptors (Lipinski definition) is 3. The molecule has 1 fully saturated rings. The SMILES string of the molecule is CCN(CCN)CCN1CCCC1. The minimum Gasteiger partial charge on any atom is -0.329 e. The Morgan fingerprint density at radius 1 is 1.23 bits per heavy atom. The van der Waals surface area contributed by atoms with Gasteiger partial charge < -0.3 is 15.5 Å². The van der Waals surface area contributed by atoms with Gasteiger partial charge in [0.15, 0.2) is 0 Å². The molecular weight excluding hydrogens is 162 g/mol. The van der Waals surface area contributed by atoms with Crippen LogP contribution in [0, 0.1) is 0 Å². The first kappa shape index (κ1) is 11.0. The highest BCUT2D eigenvalue weighted by Gasteiger charge is 2.11. The monoisotopic (exact) mass is 185 g/mol. The van der Waals surface area contributed by atoms with Gasteiger partial charge in [0.25, 0.3) is 0 Å². The molecule has 78 valence electrons. The predicted molar refractivity (Wildman–Crippen MR) is 56.8 cm³/mol. The molecule has 0 amide bonds. The highest BCUT2D eigenvalue weighted by molar-refractivity contribution is 4.68. The summed E-state index contributed by atoms with van der Waals surface area (Å²) in [5.41, 5.74) is 5.53. The third kappa shape index (κ3) is 4.07. The molecule has 0 aromatic carbocycles. The van der Waals surface area contributed by atoms with Crippen molar-refractivity contribution in [2.45, 2.75) is 19.8 Å². The van der Waals surface area contributed by atoms with E-state index in [1.54, 1.807) is 0 Å². The van der Waals surface area contributed by atoms with Crippen molar-refractivity contribution < 1.29 is 0 Å². The average molecular weight is 185 g/mol. The summed E-state index contributed by atoms with van der Waals surface area (Å²) in [5, 5.41) is 0. The highest BCUT2D eigenvalue weighted by atomic mass is 15.2. The van der Waals surface area contributed by atoms with Gasteiger partial charge >= 0.3 is 0 Å². The number of likely N-dealkylation sites (tertiary alicyclic amines) is 1. The molecule has 0 aromatic heterocycles. The molecule has 0 bridgehead atoms. The predicted octanol–water partition coefficient (Wildman–Crippen LogP) is 0.363. The first-order valence-corrected chi connectivity index (χ1v) is 5.51. The van der Waals surface area contributed by atoms with E-state index in [-0.39, 0.29) is 0 Å². The quantitative estimate of drug-likeness (QED) is 0.648. The molecule has 0 unspecified atom stereocenters. The molecule has 0 saturated carbocycles. The first-order valence-electron chi connectivity index (χ1n) is 5.51. The van der Waals surface area contributed by atoms with Crippen molar-refractivity contribution in [2.24, 2.45) is 5.73 Å². The van der Waals surface area contributed by atoms with Gasteiger partial charge in [0.05, 0.1) is 0 Å². The van der Waals surface area contributed by atoms with Gasteiger partial charge in [0.2, 0.25) is 0 Å². The van der Waals surface area contributed by atoms with E-state index >= 15 is 0 Å². The Balaban J connectivity index is 2.07. The van der Waals surface area contributed by atoms with E-state index in [1.165, 1.54) is 39.0 Å². The molecule has 0 spiro atoms. The largest absolute Gasteiger partial charge is 0.329 e. The average Bonchev–Trinajstić information content (AvgIpc) is 2.64. The van der Waals surface area contributed by atoms with E-state index in [2.05, 4.69) is 16.7 Å². The number of rotatable bonds is 6. The lowest BCUT2D eigenvalue weighted by molar-refractivity contribution is 0.237. The Morgan fingerprint density at radius 2 is 1.92 bits per heavy atom. The molecule has 1 aliphatic heterocycles. The van der Waals surface area contributed by atoms with Crippen LogP contribution in [0.2, 0.25) is 0 Å². The normalized spacial score (nSPS) is 18.7. The van der Waals surface area contributed by atoms with Crippen molar-refractivity contribution in [1.82, 2.24) is 9.80 Å². The summed E-state index contributed by atoms with van der Waals surface area (Å²) >= 11 is 0. The highest BCUT2D eigenvalue weighted by Crippen LogP contribution is 2.06. The van der Waals surface area contributed by atoms with Crippen LogP contribution in [0.25, 0.3) is 0 Å². The summed E-state index contributed by atoms with van der Waals surface area (Å²) in [6.45, 7) is 10.2. The van der Waals surface area contributed by atoms with Gasteiger partial charge in [-0.3, -0.25) is 0 Å². The van der Waals surface area contributed by atoms with Gasteiger partial charge in [-0.25, -0.2) is 0 Å². The van der Waals surface area contributed by atoms with Gasteiger partial charge in [-0.1, -0.05) is 6.92 Å². The molecule has 3 nitrogen and oxygen atoms in total. The van der Waals surface area contributed by atoms with Crippen LogP contribution in [-0.4, -0.2) is 55.6 Å². The molecule has 0 radical (unpaired) electrons. The maximum absolute atomic E-state index is 5.53. The van der Waals surface area contributed by atoms with Crippen LogP contribution >= 0.6 is 0 Å². The van der Waals surface area contributed by atoms with Crippen LogP contribution in [0.15, 0.2) is 0 Å². The summed E-state index contributed by atoms with van der Waals surface area (Å²) in [6, 6.07) is 0. The maximum atomic E-state index is 5.53. The lowest BCUT2D eigenvalue weighted by atomic mass is 10.4. The first-order chi connectivity index (χ1) is 6.36. The zero-order valence-corrected chi connectivity index (χ0v) is 8.84. The van der Waals surface area contributed by atoms with E-state index < -0.39 is 0 Å². The van der Waals surface area contributed by atoms with E-state index in [4.69, 9.17) is 5.73 Å². The van der Waals surface area contributed by atoms with E-state index in [1.807, 2.05) is 0 Å². The Labute approximate surface area is 81.9 Å². The smallest absolute Gasteiger partial charge is 0.0110 e. The minimum atomic E-state index is 0.786. The van der Waals surface area contributed by atoms with Gasteiger partial charge in [-0.05, 0) is 32.5 Å². The topological polar surface area (TPSA) is 32.5 Å². The second-order valence-corrected chi connectivity index (χ2v) is 3.77. The number of nitrogens with two attached hydrogens (primary N) is 1. The minimum absolute atomic E-state index is 0.786. The maximum Gasteiger partial charge on any atom is 0.0110 e. The molecule has 1 heterocycles. The zero-order chi connectivity index (χ0) is 9.52. The van der Waals surface area contributed by atoms with E-state index in [9.17, 15) is 0 Å². The molecule has 0 atom stereocenters. The summed E-state index contributed by atoms with van der Waals surface area (Å²) in [7, 11) is 0. The Bertz CT molecular complexity index is 121. The number of likely N-dealkylation sites (N-methyl/N-ethyl adjacent to an activating group) is 1. The van der Waals surface area contributed by atoms with Gasteiger partial charge in [-0.15, -0.1) is 0 Å². The lowest BCUT2D eigenvalue weighted by Gasteiger charge is -2.23. The summed E-state index contributed by atoms with van der Waals surface area (Å²) in [6.07, 6.45) is 2.78. The summed E-state index contributed by atoms with van der Waals surface area (Å²) in [4.78, 5) is 4.98. The Morgan fingerprint density at radius 3 is 2.46 bits per heavy atom. The molecule has 0 aliphatic carbocycles. The molecule has 0 aromatic rings. The molecule has 13 heavy (non-hydrogen) atoms. The summed E-state index contributed by atoms with van der Waals surface area (Å²) in [5.74, 6) is 0. The fraction of sp³-hybridized carbons (Fsp3) is 1.00. The molecule has 1 rings (SSSR count). The van der Waals surface area contributed by atoms with Crippen molar-refractivity contribution in [1.29, 1.82) is 0 Å². The fourth-order valence-electron chi connectivity index (χ4n) is 1.90. The Hall–Kier alpha value is -0.120. The third-order valence-corrected chi connectivity index (χ3v) is 2.82. The number of nitrogens with zero attached hydrogens (tertiary/aromatic N) is 2. The van der Waals surface area contributed by atoms with Crippen LogP contribution in [0.4, 0.5) is 0 Å². The van der Waals surface area contributed by atoms with Crippen molar-refractivity contribution in [3.05, 3.63) is 0 Å². The van der Waals surface area contributed by atoms with Gasteiger partial charge in [-0.2, -0.15) is 0 Å². The van der Waals surface area contributed by atoms with Crippen molar-refractivity contribution in [3.8, 4) is 0 Å². The van der Waals surface area contributed by atoms with E-state index in [0.717, 1.165) is 19.6 Å². The van der Waals surface area contributed by atoms with Crippen molar-refractivity contribution in [3.63, 3.8) is 0 Å². The Kier molecular flexibility index (Phi) is 5.35. The van der Waals surface area contributed by atoms with Crippen molar-refractivity contribution in [2.75, 3.05) is 45.8 Å². The van der Waals surface area contributed by atoms with Crippen molar-refractivity contribution >= 4 is 0 Å². The molecule has 1 saturated heterocycles. The fourth-order valence-corrected chi connectivity index (χ4v) is 1.90. The van der Waals surface area contributed by atoms with E-state index in [0.29, 0.717) is 0 Å². The molecule has 1 aliphatic rings. The molecule has 3 heteroatoms. The molecule has 2 N–H and O–H groups in total. The van der Waals surface area contributed by atoms with Crippen LogP contribution in [0.5, 0.6) is 0 Å². The van der Waals surface area contributed by atoms with Crippen LogP contribution in [-0.2, 0) is 0 Å². The standard InChI is InChI=1S/C10H23N3/c1-2-12(8-5-11)9-10-13-6-3-4-7-13/h2-11H2,1H3. The zero-order valence-electron chi connectivity index (χ0n) is 8.84. The summed E-state index contributed by atoms with van der Waals surface area (Å²) < 4.78 is 0. The number of hydrogen-bond donors (Lipinski definition) is 1. The van der Waals surface area contributed by atoms with Crippen LogP contribution in [0.1, 0.15) is 19.8 Å². The second kappa shape index (κ2) is 6.35. The third-order valence-electron chi connectivity index (χ3n) is 2.82. The second-order valence-electron chi connectivity index (χ2n) is 3.77. The van der Waals surface area contributed by atoms with Gasteiger partial charge in [0, 0.05) is 26.2 Å².